The van der Waals surface area contributed by atoms with Crippen molar-refractivity contribution in [3.05, 3.63) is 65.7 Å². The van der Waals surface area contributed by atoms with Crippen LogP contribution in [0.5, 0.6) is 5.75 Å². The average Bonchev–Trinajstić information content (AvgIpc) is 3.36. The molecule has 2 aromatic carbocycles. The van der Waals surface area contributed by atoms with E-state index in [0.717, 1.165) is 16.9 Å². The minimum absolute atomic E-state index is 0.144. The van der Waals surface area contributed by atoms with Gasteiger partial charge in [-0.1, -0.05) is 76.6 Å². The molecule has 0 saturated carbocycles. The molecule has 4 N–H and O–H groups in total. The van der Waals surface area contributed by atoms with E-state index in [4.69, 9.17) is 9.47 Å². The van der Waals surface area contributed by atoms with Crippen molar-refractivity contribution in [1.29, 1.82) is 0 Å². The summed E-state index contributed by atoms with van der Waals surface area (Å²) in [6.07, 6.45) is 1.79. The molecular weight excluding hydrogens is 584 g/mol. The van der Waals surface area contributed by atoms with Crippen molar-refractivity contribution in [1.82, 2.24) is 20.9 Å². The molecule has 0 aromatic heterocycles. The Kier molecular flexibility index (Phi) is 14.5. The maximum absolute atomic E-state index is 14.3. The number of likely N-dealkylation sites (tertiary alicyclic amines) is 1. The first-order valence-corrected chi connectivity index (χ1v) is 16.5. The molecule has 1 fully saturated rings. The van der Waals surface area contributed by atoms with Crippen molar-refractivity contribution in [2.45, 2.75) is 90.1 Å². The monoisotopic (exact) mass is 638 g/mol. The van der Waals surface area contributed by atoms with Crippen molar-refractivity contribution >= 4 is 17.7 Å². The van der Waals surface area contributed by atoms with Crippen LogP contribution in [0, 0.1) is 11.8 Å². The van der Waals surface area contributed by atoms with Gasteiger partial charge in [0.25, 0.3) is 0 Å². The second kappa shape index (κ2) is 18.0. The number of rotatable bonds is 19. The molecule has 5 atom stereocenters. The number of carbonyl (C=O) groups excluding carboxylic acids is 3. The van der Waals surface area contributed by atoms with E-state index in [-0.39, 0.29) is 42.7 Å². The van der Waals surface area contributed by atoms with Crippen molar-refractivity contribution < 1.29 is 29.0 Å². The number of aryl methyl sites for hydroxylation is 1. The summed E-state index contributed by atoms with van der Waals surface area (Å²) in [4.78, 5) is 42.8. The maximum atomic E-state index is 14.3. The molecule has 2 aromatic rings. The Labute approximate surface area is 274 Å². The topological polar surface area (TPSA) is 129 Å². The van der Waals surface area contributed by atoms with Crippen LogP contribution in [0.25, 0.3) is 0 Å². The van der Waals surface area contributed by atoms with Crippen molar-refractivity contribution in [3.8, 4) is 5.75 Å². The molecule has 1 aliphatic heterocycles. The second-order valence-electron chi connectivity index (χ2n) is 12.8. The Bertz CT molecular complexity index is 1260. The fraction of sp³-hybridized carbons (Fsp3) is 0.583. The van der Waals surface area contributed by atoms with Gasteiger partial charge in [-0.2, -0.15) is 0 Å². The lowest BCUT2D eigenvalue weighted by atomic mass is 9.81. The molecule has 10 nitrogen and oxygen atoms in total. The van der Waals surface area contributed by atoms with Gasteiger partial charge in [0.05, 0.1) is 19.3 Å². The fourth-order valence-electron chi connectivity index (χ4n) is 6.28. The highest BCUT2D eigenvalue weighted by molar-refractivity contribution is 5.97. The number of hydrogen-bond acceptors (Lipinski definition) is 7. The van der Waals surface area contributed by atoms with Crippen LogP contribution in [0.4, 0.5) is 0 Å². The number of benzene rings is 2. The molecule has 0 radical (unpaired) electrons. The highest BCUT2D eigenvalue weighted by atomic mass is 16.5. The summed E-state index contributed by atoms with van der Waals surface area (Å²) in [5.74, 6) is -0.0768. The van der Waals surface area contributed by atoms with Gasteiger partial charge in [-0.05, 0) is 60.8 Å². The van der Waals surface area contributed by atoms with Gasteiger partial charge in [0.2, 0.25) is 17.7 Å². The zero-order chi connectivity index (χ0) is 33.7. The number of aliphatic hydroxyl groups excluding tert-OH is 1. The number of ether oxygens (including phenoxy) is 2. The lowest BCUT2D eigenvalue weighted by molar-refractivity contribution is -0.145. The van der Waals surface area contributed by atoms with E-state index in [9.17, 15) is 19.5 Å². The molecule has 46 heavy (non-hydrogen) atoms. The van der Waals surface area contributed by atoms with Crippen LogP contribution in [0.1, 0.15) is 64.5 Å². The normalized spacial score (nSPS) is 19.0. The van der Waals surface area contributed by atoms with Gasteiger partial charge in [-0.15, -0.1) is 0 Å². The van der Waals surface area contributed by atoms with Crippen LogP contribution < -0.4 is 20.7 Å². The SMILES string of the molecule is CC[C@H](C)[C@@]1(NC(=O)COC)CCN([C@@H](CCc2ccccc2)C(=O)N[C@@H](CC(C)C)[C@H](O)CNCc2cccc(OC)c2)C1=O. The van der Waals surface area contributed by atoms with E-state index in [1.54, 1.807) is 12.0 Å². The van der Waals surface area contributed by atoms with Crippen LogP contribution in [-0.2, 0) is 32.1 Å². The van der Waals surface area contributed by atoms with E-state index >= 15 is 0 Å². The first-order valence-electron chi connectivity index (χ1n) is 16.5. The third kappa shape index (κ3) is 10.0. The molecule has 0 unspecified atom stereocenters. The van der Waals surface area contributed by atoms with E-state index in [2.05, 4.69) is 29.8 Å². The number of hydrogen-bond donors (Lipinski definition) is 4. The molecule has 0 spiro atoms. The quantitative estimate of drug-likeness (QED) is 0.186. The zero-order valence-electron chi connectivity index (χ0n) is 28.4. The largest absolute Gasteiger partial charge is 0.497 e. The molecule has 1 heterocycles. The lowest BCUT2D eigenvalue weighted by Gasteiger charge is -2.36. The van der Waals surface area contributed by atoms with Crippen molar-refractivity contribution in [2.24, 2.45) is 11.8 Å². The zero-order valence-corrected chi connectivity index (χ0v) is 28.4. The summed E-state index contributed by atoms with van der Waals surface area (Å²) < 4.78 is 10.3. The fourth-order valence-corrected chi connectivity index (χ4v) is 6.28. The molecule has 10 heteroatoms. The standard InChI is InChI=1S/C36H54N4O6/c1-7-26(4)36(39-33(42)24-45-5)18-19-40(35(36)44)31(17-16-27-12-9-8-10-13-27)34(43)38-30(20-25(2)3)32(41)23-37-22-28-14-11-15-29(21-28)46-6/h8-15,21,25-26,30-32,37,41H,7,16-20,22-24H2,1-6H3,(H,38,43)(H,39,42)/t26-,30-,31-,32+,36-/m0/s1. The Morgan fingerprint density at radius 3 is 2.41 bits per heavy atom. The highest BCUT2D eigenvalue weighted by Gasteiger charge is 2.53. The van der Waals surface area contributed by atoms with Gasteiger partial charge in [-0.25, -0.2) is 0 Å². The van der Waals surface area contributed by atoms with Gasteiger partial charge in [-0.3, -0.25) is 14.4 Å². The highest BCUT2D eigenvalue weighted by Crippen LogP contribution is 2.34. The molecule has 254 valence electrons. The first-order chi connectivity index (χ1) is 22.0. The molecule has 3 rings (SSSR count). The molecule has 1 saturated heterocycles. The molecule has 1 aliphatic rings. The number of amides is 3. The van der Waals surface area contributed by atoms with Crippen molar-refractivity contribution in [3.63, 3.8) is 0 Å². The summed E-state index contributed by atoms with van der Waals surface area (Å²) in [7, 11) is 3.07. The average molecular weight is 639 g/mol. The van der Waals surface area contributed by atoms with Crippen LogP contribution in [-0.4, -0.2) is 85.4 Å². The molecular formula is C36H54N4O6. The van der Waals surface area contributed by atoms with Gasteiger partial charge in [0.15, 0.2) is 0 Å². The lowest BCUT2D eigenvalue weighted by Crippen LogP contribution is -2.61. The molecule has 3 amide bonds. The maximum Gasteiger partial charge on any atom is 0.249 e. The summed E-state index contributed by atoms with van der Waals surface area (Å²) in [6, 6.07) is 16.3. The van der Waals surface area contributed by atoms with Crippen LogP contribution in [0.3, 0.4) is 0 Å². The van der Waals surface area contributed by atoms with Gasteiger partial charge < -0.3 is 35.4 Å². The Hall–Kier alpha value is -3.47. The third-order valence-corrected chi connectivity index (χ3v) is 9.04. The summed E-state index contributed by atoms with van der Waals surface area (Å²) >= 11 is 0. The summed E-state index contributed by atoms with van der Waals surface area (Å²) in [5.41, 5.74) is 0.970. The number of aliphatic hydroxyl groups is 1. The summed E-state index contributed by atoms with van der Waals surface area (Å²) in [5, 5.41) is 20.7. The van der Waals surface area contributed by atoms with Crippen LogP contribution >= 0.6 is 0 Å². The Morgan fingerprint density at radius 1 is 1.04 bits per heavy atom. The minimum Gasteiger partial charge on any atom is -0.497 e. The van der Waals surface area contributed by atoms with E-state index in [0.29, 0.717) is 45.2 Å². The number of methoxy groups -OCH3 is 2. The predicted octanol–water partition coefficient (Wildman–Crippen LogP) is 3.46. The van der Waals surface area contributed by atoms with Crippen LogP contribution in [0.2, 0.25) is 0 Å². The van der Waals surface area contributed by atoms with Crippen molar-refractivity contribution in [2.75, 3.05) is 33.9 Å². The molecule has 0 aliphatic carbocycles. The number of carbonyl (C=O) groups is 3. The number of nitrogens with one attached hydrogen (secondary N) is 3. The van der Waals surface area contributed by atoms with Gasteiger partial charge in [0, 0.05) is 26.7 Å². The van der Waals surface area contributed by atoms with Gasteiger partial charge >= 0.3 is 0 Å². The van der Waals surface area contributed by atoms with Crippen LogP contribution in [0.15, 0.2) is 54.6 Å². The predicted molar refractivity (Wildman–Crippen MR) is 179 cm³/mol. The Morgan fingerprint density at radius 2 is 1.76 bits per heavy atom. The third-order valence-electron chi connectivity index (χ3n) is 9.04. The van der Waals surface area contributed by atoms with E-state index in [1.165, 1.54) is 7.11 Å². The minimum atomic E-state index is -1.11. The second-order valence-corrected chi connectivity index (χ2v) is 12.8. The Balaban J connectivity index is 1.81. The summed E-state index contributed by atoms with van der Waals surface area (Å²) in [6.45, 7) is 9.05. The molecule has 0 bridgehead atoms. The number of nitrogens with zero attached hydrogens (tertiary/aromatic N) is 1. The smallest absolute Gasteiger partial charge is 0.249 e. The van der Waals surface area contributed by atoms with Gasteiger partial charge in [0.1, 0.15) is 23.9 Å². The van der Waals surface area contributed by atoms with E-state index < -0.39 is 23.7 Å². The first kappa shape index (κ1) is 37.0. The van der Waals surface area contributed by atoms with E-state index in [1.807, 2.05) is 68.4 Å².